The lowest BCUT2D eigenvalue weighted by Crippen LogP contribution is -2.32. The molecular weight excluding hydrogens is 384 g/mol. The Bertz CT molecular complexity index is 942. The van der Waals surface area contributed by atoms with Crippen LogP contribution in [0.5, 0.6) is 0 Å². The maximum absolute atomic E-state index is 12.2. The van der Waals surface area contributed by atoms with Gasteiger partial charge >= 0.3 is 0 Å². The normalized spacial score (nSPS) is 11.3. The highest BCUT2D eigenvalue weighted by Gasteiger charge is 2.19. The second-order valence-corrected chi connectivity index (χ2v) is 9.05. The minimum Gasteiger partial charge on any atom is -0.326 e. The second kappa shape index (κ2) is 8.76. The fourth-order valence-corrected chi connectivity index (χ4v) is 3.93. The van der Waals surface area contributed by atoms with Crippen molar-refractivity contribution in [3.05, 3.63) is 58.1 Å². The number of hydrogen-bond acceptors (Lipinski definition) is 3. The number of amides is 1. The maximum Gasteiger partial charge on any atom is 0.232 e. The highest BCUT2D eigenvalue weighted by molar-refractivity contribution is 7.92. The first-order chi connectivity index (χ1) is 12.6. The van der Waals surface area contributed by atoms with E-state index in [1.54, 1.807) is 12.1 Å². The third kappa shape index (κ3) is 5.97. The second-order valence-electron chi connectivity index (χ2n) is 6.74. The average Bonchev–Trinajstić information content (AvgIpc) is 2.56. The fraction of sp³-hybridized carbons (Fsp3) is 0.350. The summed E-state index contributed by atoms with van der Waals surface area (Å²) in [6.07, 6.45) is 1.80. The quantitative estimate of drug-likeness (QED) is 0.735. The molecular formula is C20H25ClN2O3S. The number of hydrogen-bond donors (Lipinski definition) is 1. The first-order valence-electron chi connectivity index (χ1n) is 8.69. The molecule has 0 heterocycles. The SMILES string of the molecule is Cc1ccc(C)c(N(CCCC(=O)Nc2ccc(C)c(Cl)c2)S(C)(=O)=O)c1. The standard InChI is InChI=1S/C20H25ClN2O3S/c1-14-7-8-16(3)19(12-14)23(27(4,25)26)11-5-6-20(24)22-17-10-9-15(2)18(21)13-17/h7-10,12-13H,5-6,11H2,1-4H3,(H,22,24). The van der Waals surface area contributed by atoms with Gasteiger partial charge in [0.2, 0.25) is 15.9 Å². The Balaban J connectivity index is 2.02. The Morgan fingerprint density at radius 2 is 1.74 bits per heavy atom. The van der Waals surface area contributed by atoms with Gasteiger partial charge in [-0.15, -0.1) is 0 Å². The van der Waals surface area contributed by atoms with E-state index in [-0.39, 0.29) is 18.9 Å². The minimum atomic E-state index is -3.44. The average molecular weight is 409 g/mol. The number of nitrogens with zero attached hydrogens (tertiary/aromatic N) is 1. The molecule has 0 aliphatic carbocycles. The molecule has 0 saturated carbocycles. The molecule has 1 amide bonds. The number of sulfonamides is 1. The van der Waals surface area contributed by atoms with Crippen LogP contribution in [0.4, 0.5) is 11.4 Å². The van der Waals surface area contributed by atoms with Gasteiger partial charge in [-0.1, -0.05) is 29.8 Å². The van der Waals surface area contributed by atoms with Crippen molar-refractivity contribution in [1.29, 1.82) is 0 Å². The maximum atomic E-state index is 12.2. The zero-order valence-corrected chi connectivity index (χ0v) is 17.6. The van der Waals surface area contributed by atoms with Crippen LogP contribution in [-0.2, 0) is 14.8 Å². The van der Waals surface area contributed by atoms with E-state index in [1.807, 2.05) is 45.0 Å². The lowest BCUT2D eigenvalue weighted by atomic mass is 10.1. The van der Waals surface area contributed by atoms with Crippen LogP contribution in [0.3, 0.4) is 0 Å². The van der Waals surface area contributed by atoms with Crippen LogP contribution in [0.2, 0.25) is 5.02 Å². The minimum absolute atomic E-state index is 0.177. The van der Waals surface area contributed by atoms with Gasteiger partial charge in [0, 0.05) is 23.7 Å². The van der Waals surface area contributed by atoms with Gasteiger partial charge in [-0.2, -0.15) is 0 Å². The third-order valence-corrected chi connectivity index (χ3v) is 5.84. The van der Waals surface area contributed by atoms with Crippen LogP contribution >= 0.6 is 11.6 Å². The van der Waals surface area contributed by atoms with Crippen molar-refractivity contribution in [1.82, 2.24) is 0 Å². The summed E-state index contributed by atoms with van der Waals surface area (Å²) in [6, 6.07) is 11.0. The predicted octanol–water partition coefficient (Wildman–Crippen LogP) is 4.45. The molecule has 0 atom stereocenters. The molecule has 0 unspecified atom stereocenters. The lowest BCUT2D eigenvalue weighted by molar-refractivity contribution is -0.116. The molecule has 0 radical (unpaired) electrons. The Labute approximate surface area is 166 Å². The molecule has 2 aromatic carbocycles. The molecule has 0 aliphatic heterocycles. The summed E-state index contributed by atoms with van der Waals surface area (Å²) in [5.74, 6) is -0.177. The molecule has 146 valence electrons. The Kier molecular flexibility index (Phi) is 6.89. The first kappa shape index (κ1) is 21.3. The highest BCUT2D eigenvalue weighted by Crippen LogP contribution is 2.24. The number of rotatable bonds is 7. The van der Waals surface area contributed by atoms with E-state index in [2.05, 4.69) is 5.32 Å². The molecule has 0 aliphatic rings. The number of aryl methyl sites for hydroxylation is 3. The van der Waals surface area contributed by atoms with Gasteiger partial charge in [-0.3, -0.25) is 9.10 Å². The molecule has 0 saturated heterocycles. The van der Waals surface area contributed by atoms with Gasteiger partial charge in [0.05, 0.1) is 11.9 Å². The number of nitrogens with one attached hydrogen (secondary N) is 1. The van der Waals surface area contributed by atoms with E-state index in [9.17, 15) is 13.2 Å². The zero-order chi connectivity index (χ0) is 20.2. The summed E-state index contributed by atoms with van der Waals surface area (Å²) in [4.78, 5) is 12.2. The summed E-state index contributed by atoms with van der Waals surface area (Å²) in [7, 11) is -3.44. The van der Waals surface area contributed by atoms with E-state index in [0.29, 0.717) is 22.8 Å². The van der Waals surface area contributed by atoms with Crippen LogP contribution in [0, 0.1) is 20.8 Å². The zero-order valence-electron chi connectivity index (χ0n) is 16.0. The Hall–Kier alpha value is -2.05. The predicted molar refractivity (Wildman–Crippen MR) is 112 cm³/mol. The summed E-state index contributed by atoms with van der Waals surface area (Å²) in [6.45, 7) is 5.93. The summed E-state index contributed by atoms with van der Waals surface area (Å²) in [5, 5.41) is 3.38. The van der Waals surface area contributed by atoms with Crippen molar-refractivity contribution in [2.75, 3.05) is 22.4 Å². The summed E-state index contributed by atoms with van der Waals surface area (Å²) >= 11 is 6.06. The topological polar surface area (TPSA) is 66.5 Å². The summed E-state index contributed by atoms with van der Waals surface area (Å²) < 4.78 is 25.9. The van der Waals surface area contributed by atoms with E-state index in [1.165, 1.54) is 10.6 Å². The molecule has 0 bridgehead atoms. The van der Waals surface area contributed by atoms with E-state index in [4.69, 9.17) is 11.6 Å². The number of benzene rings is 2. The molecule has 0 spiro atoms. The van der Waals surface area contributed by atoms with Gasteiger partial charge in [-0.25, -0.2) is 8.42 Å². The van der Waals surface area contributed by atoms with E-state index < -0.39 is 10.0 Å². The first-order valence-corrected chi connectivity index (χ1v) is 10.9. The van der Waals surface area contributed by atoms with Gasteiger partial charge in [0.1, 0.15) is 0 Å². The van der Waals surface area contributed by atoms with Crippen LogP contribution in [0.25, 0.3) is 0 Å². The molecule has 0 fully saturated rings. The van der Waals surface area contributed by atoms with Crippen molar-refractivity contribution < 1.29 is 13.2 Å². The van der Waals surface area contributed by atoms with Crippen LogP contribution in [0.15, 0.2) is 36.4 Å². The van der Waals surface area contributed by atoms with Crippen LogP contribution < -0.4 is 9.62 Å². The van der Waals surface area contributed by atoms with Crippen LogP contribution in [-0.4, -0.2) is 27.1 Å². The molecule has 2 aromatic rings. The van der Waals surface area contributed by atoms with Crippen molar-refractivity contribution >= 4 is 38.9 Å². The fourth-order valence-electron chi connectivity index (χ4n) is 2.73. The van der Waals surface area contributed by atoms with E-state index in [0.717, 1.165) is 16.7 Å². The number of carbonyl (C=O) groups is 1. The van der Waals surface area contributed by atoms with Crippen LogP contribution in [0.1, 0.15) is 29.5 Å². The Morgan fingerprint density at radius 3 is 2.37 bits per heavy atom. The molecule has 1 N–H and O–H groups in total. The largest absolute Gasteiger partial charge is 0.326 e. The third-order valence-electron chi connectivity index (χ3n) is 4.25. The number of carbonyl (C=O) groups excluding carboxylic acids is 1. The molecule has 5 nitrogen and oxygen atoms in total. The van der Waals surface area contributed by atoms with Crippen molar-refractivity contribution in [3.8, 4) is 0 Å². The van der Waals surface area contributed by atoms with Gasteiger partial charge in [-0.05, 0) is 62.1 Å². The van der Waals surface area contributed by atoms with Gasteiger partial charge in [0.25, 0.3) is 0 Å². The van der Waals surface area contributed by atoms with Gasteiger partial charge in [0.15, 0.2) is 0 Å². The van der Waals surface area contributed by atoms with Crippen molar-refractivity contribution in [2.24, 2.45) is 0 Å². The molecule has 0 aromatic heterocycles. The highest BCUT2D eigenvalue weighted by atomic mass is 35.5. The Morgan fingerprint density at radius 1 is 1.07 bits per heavy atom. The molecule has 7 heteroatoms. The van der Waals surface area contributed by atoms with E-state index >= 15 is 0 Å². The van der Waals surface area contributed by atoms with Crippen molar-refractivity contribution in [2.45, 2.75) is 33.6 Å². The smallest absolute Gasteiger partial charge is 0.232 e. The number of anilines is 2. The lowest BCUT2D eigenvalue weighted by Gasteiger charge is -2.24. The molecule has 27 heavy (non-hydrogen) atoms. The van der Waals surface area contributed by atoms with Crippen molar-refractivity contribution in [3.63, 3.8) is 0 Å². The van der Waals surface area contributed by atoms with Gasteiger partial charge < -0.3 is 5.32 Å². The molecule has 2 rings (SSSR count). The summed E-state index contributed by atoms with van der Waals surface area (Å²) in [5.41, 5.74) is 4.09. The number of halogens is 1. The monoisotopic (exact) mass is 408 g/mol.